The maximum atomic E-state index is 9.92. The summed E-state index contributed by atoms with van der Waals surface area (Å²) < 4.78 is 5.57. The van der Waals surface area contributed by atoms with Crippen molar-refractivity contribution in [3.63, 3.8) is 0 Å². The van der Waals surface area contributed by atoms with E-state index in [1.165, 1.54) is 24.8 Å². The Kier molecular flexibility index (Phi) is 8.48. The fourth-order valence-electron chi connectivity index (χ4n) is 3.48. The summed E-state index contributed by atoms with van der Waals surface area (Å²) in [6.07, 6.45) is 3.99. The van der Waals surface area contributed by atoms with Gasteiger partial charge in [0.25, 0.3) is 0 Å². The van der Waals surface area contributed by atoms with Crippen molar-refractivity contribution in [1.82, 2.24) is 10.2 Å². The highest BCUT2D eigenvalue weighted by Crippen LogP contribution is 2.43. The lowest BCUT2D eigenvalue weighted by atomic mass is 9.76. The summed E-state index contributed by atoms with van der Waals surface area (Å²) in [5, 5.41) is 13.3. The molecule has 1 aromatic carbocycles. The number of phenolic OH excluding ortho intramolecular Hbond substituents is 1. The van der Waals surface area contributed by atoms with Crippen LogP contribution in [0, 0.1) is 5.92 Å². The van der Waals surface area contributed by atoms with E-state index in [1.807, 2.05) is 13.0 Å². The average molecular weight is 363 g/mol. The molecule has 1 aromatic rings. The van der Waals surface area contributed by atoms with Crippen molar-refractivity contribution in [2.45, 2.75) is 32.2 Å². The second kappa shape index (κ2) is 9.58. The summed E-state index contributed by atoms with van der Waals surface area (Å²) in [7, 11) is 0. The molecule has 1 aliphatic carbocycles. The van der Waals surface area contributed by atoms with Crippen molar-refractivity contribution in [2.24, 2.45) is 5.92 Å². The number of piperazine rings is 1. The number of benzene rings is 1. The van der Waals surface area contributed by atoms with Gasteiger partial charge in [0.05, 0.1) is 6.61 Å². The van der Waals surface area contributed by atoms with Gasteiger partial charge in [-0.3, -0.25) is 4.90 Å². The minimum absolute atomic E-state index is 0. The molecule has 2 aliphatic rings. The Labute approximate surface area is 151 Å². The van der Waals surface area contributed by atoms with E-state index in [0.29, 0.717) is 18.4 Å². The van der Waals surface area contributed by atoms with Crippen LogP contribution in [0.2, 0.25) is 0 Å². The summed E-state index contributed by atoms with van der Waals surface area (Å²) >= 11 is 0. The quantitative estimate of drug-likeness (QED) is 0.842. The molecule has 2 fully saturated rings. The van der Waals surface area contributed by atoms with E-state index in [0.717, 1.165) is 32.1 Å². The molecule has 3 rings (SSSR count). The monoisotopic (exact) mass is 362 g/mol. The van der Waals surface area contributed by atoms with E-state index in [-0.39, 0.29) is 30.6 Å². The molecule has 0 aromatic heterocycles. The number of rotatable bonds is 5. The molecule has 4 nitrogen and oxygen atoms in total. The summed E-state index contributed by atoms with van der Waals surface area (Å²) in [6.45, 7) is 6.88. The number of halogens is 2. The van der Waals surface area contributed by atoms with E-state index in [4.69, 9.17) is 4.74 Å². The summed E-state index contributed by atoms with van der Waals surface area (Å²) in [5.41, 5.74) is 1.29. The van der Waals surface area contributed by atoms with E-state index >= 15 is 0 Å². The summed E-state index contributed by atoms with van der Waals surface area (Å²) in [6, 6.07) is 6.38. The predicted molar refractivity (Wildman–Crippen MR) is 98.3 cm³/mol. The first kappa shape index (κ1) is 20.4. The van der Waals surface area contributed by atoms with Crippen molar-refractivity contribution >= 4 is 24.8 Å². The number of aromatic hydroxyl groups is 1. The molecule has 1 saturated carbocycles. The van der Waals surface area contributed by atoms with Crippen molar-refractivity contribution < 1.29 is 9.84 Å². The van der Waals surface area contributed by atoms with Crippen molar-refractivity contribution in [2.75, 3.05) is 32.8 Å². The third-order valence-corrected chi connectivity index (χ3v) is 4.77. The van der Waals surface area contributed by atoms with E-state index in [9.17, 15) is 5.11 Å². The van der Waals surface area contributed by atoms with Crippen LogP contribution in [0.1, 0.15) is 37.8 Å². The molecule has 132 valence electrons. The van der Waals surface area contributed by atoms with Gasteiger partial charge in [0.2, 0.25) is 0 Å². The normalized spacial score (nSPS) is 19.9. The van der Waals surface area contributed by atoms with Crippen molar-refractivity contribution in [3.8, 4) is 11.5 Å². The SMILES string of the molecule is CCOc1cc([C@@H](C2CCC2)N2CCNCC2)ccc1O.Cl.Cl. The topological polar surface area (TPSA) is 44.7 Å². The molecule has 1 aliphatic heterocycles. The Bertz CT molecular complexity index is 478. The molecule has 1 saturated heterocycles. The minimum atomic E-state index is 0. The largest absolute Gasteiger partial charge is 0.504 e. The lowest BCUT2D eigenvalue weighted by molar-refractivity contribution is 0.0834. The minimum Gasteiger partial charge on any atom is -0.504 e. The maximum absolute atomic E-state index is 9.92. The van der Waals surface area contributed by atoms with Crippen LogP contribution in [0.3, 0.4) is 0 Å². The number of nitrogens with one attached hydrogen (secondary N) is 1. The summed E-state index contributed by atoms with van der Waals surface area (Å²) in [4.78, 5) is 2.60. The van der Waals surface area contributed by atoms with Crippen LogP contribution in [0.5, 0.6) is 11.5 Å². The van der Waals surface area contributed by atoms with E-state index in [1.54, 1.807) is 6.07 Å². The fourth-order valence-corrected chi connectivity index (χ4v) is 3.48. The van der Waals surface area contributed by atoms with Crippen LogP contribution in [-0.4, -0.2) is 42.8 Å². The van der Waals surface area contributed by atoms with E-state index < -0.39 is 0 Å². The van der Waals surface area contributed by atoms with Gasteiger partial charge in [0.15, 0.2) is 11.5 Å². The summed E-state index contributed by atoms with van der Waals surface area (Å²) in [5.74, 6) is 1.62. The van der Waals surface area contributed by atoms with Gasteiger partial charge in [0, 0.05) is 32.2 Å². The molecule has 2 N–H and O–H groups in total. The Balaban J connectivity index is 0.00000132. The third-order valence-electron chi connectivity index (χ3n) is 4.77. The molecule has 6 heteroatoms. The highest BCUT2D eigenvalue weighted by atomic mass is 35.5. The van der Waals surface area contributed by atoms with Crippen LogP contribution in [0.25, 0.3) is 0 Å². The molecule has 1 atom stereocenters. The van der Waals surface area contributed by atoms with Crippen LogP contribution in [0.4, 0.5) is 0 Å². The van der Waals surface area contributed by atoms with Gasteiger partial charge >= 0.3 is 0 Å². The highest BCUT2D eigenvalue weighted by molar-refractivity contribution is 5.85. The molecule has 23 heavy (non-hydrogen) atoms. The van der Waals surface area contributed by atoms with Crippen LogP contribution in [0.15, 0.2) is 18.2 Å². The average Bonchev–Trinajstić information content (AvgIpc) is 2.46. The smallest absolute Gasteiger partial charge is 0.161 e. The van der Waals surface area contributed by atoms with Gasteiger partial charge in [0.1, 0.15) is 0 Å². The number of hydrogen-bond acceptors (Lipinski definition) is 4. The van der Waals surface area contributed by atoms with Gasteiger partial charge in [-0.1, -0.05) is 12.5 Å². The molecule has 0 amide bonds. The molecular formula is C17H28Cl2N2O2. The zero-order valence-electron chi connectivity index (χ0n) is 13.7. The lowest BCUT2D eigenvalue weighted by Crippen LogP contribution is -2.47. The number of ether oxygens (including phenoxy) is 1. The van der Waals surface area contributed by atoms with Crippen LogP contribution < -0.4 is 10.1 Å². The maximum Gasteiger partial charge on any atom is 0.161 e. The van der Waals surface area contributed by atoms with Crippen LogP contribution >= 0.6 is 24.8 Å². The second-order valence-corrected chi connectivity index (χ2v) is 6.08. The molecule has 0 radical (unpaired) electrons. The zero-order chi connectivity index (χ0) is 14.7. The van der Waals surface area contributed by atoms with Crippen molar-refractivity contribution in [3.05, 3.63) is 23.8 Å². The second-order valence-electron chi connectivity index (χ2n) is 6.08. The number of hydrogen-bond donors (Lipinski definition) is 2. The van der Waals surface area contributed by atoms with Crippen LogP contribution in [-0.2, 0) is 0 Å². The highest BCUT2D eigenvalue weighted by Gasteiger charge is 2.33. The first-order valence-corrected chi connectivity index (χ1v) is 8.20. The zero-order valence-corrected chi connectivity index (χ0v) is 15.3. The Morgan fingerprint density at radius 3 is 2.52 bits per heavy atom. The third kappa shape index (κ3) is 4.66. The van der Waals surface area contributed by atoms with Gasteiger partial charge in [-0.05, 0) is 43.4 Å². The van der Waals surface area contributed by atoms with Gasteiger partial charge in [-0.2, -0.15) is 0 Å². The Morgan fingerprint density at radius 1 is 1.26 bits per heavy atom. The molecule has 1 heterocycles. The lowest BCUT2D eigenvalue weighted by Gasteiger charge is -2.43. The molecular weight excluding hydrogens is 335 g/mol. The van der Waals surface area contributed by atoms with Gasteiger partial charge in [-0.25, -0.2) is 0 Å². The molecule has 0 bridgehead atoms. The molecule has 0 spiro atoms. The first-order chi connectivity index (χ1) is 10.3. The number of nitrogens with zero attached hydrogens (tertiary/aromatic N) is 1. The number of phenols is 1. The first-order valence-electron chi connectivity index (χ1n) is 8.20. The van der Waals surface area contributed by atoms with Crippen molar-refractivity contribution in [1.29, 1.82) is 0 Å². The van der Waals surface area contributed by atoms with Gasteiger partial charge < -0.3 is 15.2 Å². The Hall–Kier alpha value is -0.680. The Morgan fingerprint density at radius 2 is 1.96 bits per heavy atom. The van der Waals surface area contributed by atoms with E-state index in [2.05, 4.69) is 16.3 Å². The standard InChI is InChI=1S/C17H26N2O2.2ClH/c1-2-21-16-12-14(6-7-15(16)20)17(13-4-3-5-13)19-10-8-18-9-11-19;;/h6-7,12-13,17-18,20H,2-5,8-11H2,1H3;2*1H/t17-;;/m1../s1. The predicted octanol–water partition coefficient (Wildman–Crippen LogP) is 3.38. The fraction of sp³-hybridized carbons (Fsp3) is 0.647. The molecule has 0 unspecified atom stereocenters. The van der Waals surface area contributed by atoms with Gasteiger partial charge in [-0.15, -0.1) is 24.8 Å².